The highest BCUT2D eigenvalue weighted by atomic mass is 16.6. The summed E-state index contributed by atoms with van der Waals surface area (Å²) in [5, 5.41) is 7.10. The second-order valence-corrected chi connectivity index (χ2v) is 8.29. The zero-order valence-corrected chi connectivity index (χ0v) is 18.6. The Balaban J connectivity index is 1.45. The number of carbonyl (C=O) groups is 2. The van der Waals surface area contributed by atoms with Crippen LogP contribution in [0.4, 0.5) is 10.5 Å². The number of methoxy groups -OCH3 is 1. The van der Waals surface area contributed by atoms with Gasteiger partial charge in [-0.05, 0) is 55.2 Å². The van der Waals surface area contributed by atoms with E-state index in [4.69, 9.17) is 14.0 Å². The number of hydrogen-bond acceptors (Lipinski definition) is 6. The number of cyclic esters (lactones) is 1. The lowest BCUT2D eigenvalue weighted by molar-refractivity contribution is -0.119. The number of fused-ring (bicyclic) bond motifs is 3. The van der Waals surface area contributed by atoms with Crippen molar-refractivity contribution in [2.45, 2.75) is 32.3 Å². The van der Waals surface area contributed by atoms with E-state index in [2.05, 4.69) is 10.5 Å². The predicted molar refractivity (Wildman–Crippen MR) is 122 cm³/mol. The van der Waals surface area contributed by atoms with Gasteiger partial charge in [0.05, 0.1) is 20.2 Å². The fraction of sp³-hybridized carbons (Fsp3) is 0.320. The lowest BCUT2D eigenvalue weighted by Crippen LogP contribution is -2.33. The number of nitrogens with one attached hydrogen (secondary N) is 1. The van der Waals surface area contributed by atoms with Crippen LogP contribution >= 0.6 is 0 Å². The van der Waals surface area contributed by atoms with Crippen molar-refractivity contribution in [3.63, 3.8) is 0 Å². The molecular formula is C25H25N3O5. The molecule has 5 rings (SSSR count). The van der Waals surface area contributed by atoms with Gasteiger partial charge in [-0.25, -0.2) is 4.79 Å². The number of hydrogen-bond donors (Lipinski definition) is 1. The quantitative estimate of drug-likeness (QED) is 0.636. The number of rotatable bonds is 5. The Morgan fingerprint density at radius 1 is 1.21 bits per heavy atom. The maximum absolute atomic E-state index is 12.4. The van der Waals surface area contributed by atoms with Gasteiger partial charge in [0.15, 0.2) is 5.76 Å². The van der Waals surface area contributed by atoms with Gasteiger partial charge in [0.25, 0.3) is 0 Å². The van der Waals surface area contributed by atoms with Crippen LogP contribution in [-0.4, -0.2) is 43.5 Å². The minimum Gasteiger partial charge on any atom is -0.496 e. The molecule has 1 aliphatic heterocycles. The summed E-state index contributed by atoms with van der Waals surface area (Å²) in [4.78, 5) is 25.2. The zero-order valence-electron chi connectivity index (χ0n) is 18.6. The molecule has 1 saturated heterocycles. The smallest absolute Gasteiger partial charge is 0.414 e. The molecule has 1 fully saturated rings. The Kier molecular flexibility index (Phi) is 5.50. The third-order valence-corrected chi connectivity index (χ3v) is 6.12. The van der Waals surface area contributed by atoms with E-state index in [1.54, 1.807) is 12.0 Å². The SMILES string of the molecule is COc1ccccc1-c1noc2c1CCCc1cc(N3C[C@H](CNC(C)=O)OC3=O)ccc1-2. The highest BCUT2D eigenvalue weighted by Crippen LogP contribution is 2.41. The van der Waals surface area contributed by atoms with E-state index < -0.39 is 6.09 Å². The summed E-state index contributed by atoms with van der Waals surface area (Å²) in [5.74, 6) is 1.38. The zero-order chi connectivity index (χ0) is 22.9. The summed E-state index contributed by atoms with van der Waals surface area (Å²) in [6.07, 6.45) is 1.85. The molecule has 0 bridgehead atoms. The minimum atomic E-state index is -0.405. The number of ether oxygens (including phenoxy) is 2. The highest BCUT2D eigenvalue weighted by molar-refractivity contribution is 5.91. The van der Waals surface area contributed by atoms with Crippen LogP contribution in [0.3, 0.4) is 0 Å². The Labute approximate surface area is 191 Å². The number of nitrogens with zero attached hydrogens (tertiary/aromatic N) is 2. The van der Waals surface area contributed by atoms with Crippen LogP contribution in [0.1, 0.15) is 24.5 Å². The van der Waals surface area contributed by atoms with Crippen LogP contribution in [0.25, 0.3) is 22.6 Å². The average molecular weight is 447 g/mol. The van der Waals surface area contributed by atoms with E-state index in [9.17, 15) is 9.59 Å². The monoisotopic (exact) mass is 447 g/mol. The van der Waals surface area contributed by atoms with Crippen LogP contribution in [0.15, 0.2) is 47.0 Å². The number of anilines is 1. The molecule has 3 aromatic rings. The number of carbonyl (C=O) groups excluding carboxylic acids is 2. The Morgan fingerprint density at radius 2 is 2.06 bits per heavy atom. The fourth-order valence-corrected chi connectivity index (χ4v) is 4.53. The molecule has 8 nitrogen and oxygen atoms in total. The molecule has 1 atom stereocenters. The molecule has 2 heterocycles. The maximum atomic E-state index is 12.4. The van der Waals surface area contributed by atoms with Gasteiger partial charge >= 0.3 is 6.09 Å². The molecule has 2 amide bonds. The summed E-state index contributed by atoms with van der Waals surface area (Å²) in [6, 6.07) is 13.7. The van der Waals surface area contributed by atoms with E-state index >= 15 is 0 Å². The lowest BCUT2D eigenvalue weighted by atomic mass is 9.99. The van der Waals surface area contributed by atoms with Gasteiger partial charge in [-0.3, -0.25) is 9.69 Å². The summed E-state index contributed by atoms with van der Waals surface area (Å²) in [5.41, 5.74) is 5.66. The van der Waals surface area contributed by atoms with Crippen molar-refractivity contribution in [1.82, 2.24) is 10.5 Å². The van der Waals surface area contributed by atoms with E-state index in [0.29, 0.717) is 13.1 Å². The number of benzene rings is 2. The van der Waals surface area contributed by atoms with Crippen LogP contribution in [0.5, 0.6) is 5.75 Å². The Hall–Kier alpha value is -3.81. The van der Waals surface area contributed by atoms with Crippen molar-refractivity contribution in [2.24, 2.45) is 0 Å². The standard InChI is InChI=1S/C25H25N3O5/c1-15(29)26-13-18-14-28(25(30)32-18)17-10-11-19-16(12-17)6-5-8-21-23(27-33-24(19)21)20-7-3-4-9-22(20)31-2/h3-4,7,9-12,18H,5-6,8,13-14H2,1-2H3,(H,26,29)/t18-/m0/s1. The molecule has 0 radical (unpaired) electrons. The first-order valence-electron chi connectivity index (χ1n) is 11.0. The van der Waals surface area contributed by atoms with Gasteiger partial charge in [0, 0.05) is 29.3 Å². The fourth-order valence-electron chi connectivity index (χ4n) is 4.53. The second-order valence-electron chi connectivity index (χ2n) is 8.29. The van der Waals surface area contributed by atoms with Gasteiger partial charge < -0.3 is 19.3 Å². The molecule has 170 valence electrons. The molecular weight excluding hydrogens is 422 g/mol. The molecule has 2 aromatic carbocycles. The Bertz CT molecular complexity index is 1220. The molecule has 0 saturated carbocycles. The van der Waals surface area contributed by atoms with Crippen molar-refractivity contribution in [3.8, 4) is 28.3 Å². The molecule has 1 N–H and O–H groups in total. The summed E-state index contributed by atoms with van der Waals surface area (Å²) in [7, 11) is 1.65. The Morgan fingerprint density at radius 3 is 2.88 bits per heavy atom. The van der Waals surface area contributed by atoms with Crippen LogP contribution in [0.2, 0.25) is 0 Å². The van der Waals surface area contributed by atoms with Crippen molar-refractivity contribution in [3.05, 3.63) is 53.6 Å². The first-order chi connectivity index (χ1) is 16.0. The van der Waals surface area contributed by atoms with Gasteiger partial charge in [-0.2, -0.15) is 0 Å². The van der Waals surface area contributed by atoms with E-state index in [-0.39, 0.29) is 12.0 Å². The van der Waals surface area contributed by atoms with Crippen molar-refractivity contribution < 1.29 is 23.6 Å². The van der Waals surface area contributed by atoms with Crippen LogP contribution in [-0.2, 0) is 22.4 Å². The van der Waals surface area contributed by atoms with Gasteiger partial charge in [-0.15, -0.1) is 0 Å². The maximum Gasteiger partial charge on any atom is 0.414 e. The molecule has 8 heteroatoms. The van der Waals surface area contributed by atoms with E-state index in [0.717, 1.165) is 64.4 Å². The lowest BCUT2D eigenvalue weighted by Gasteiger charge is -2.15. The molecule has 2 aliphatic rings. The average Bonchev–Trinajstić information content (AvgIpc) is 3.35. The van der Waals surface area contributed by atoms with Crippen molar-refractivity contribution in [1.29, 1.82) is 0 Å². The van der Waals surface area contributed by atoms with Crippen molar-refractivity contribution in [2.75, 3.05) is 25.1 Å². The molecule has 1 aliphatic carbocycles. The van der Waals surface area contributed by atoms with Crippen LogP contribution < -0.4 is 15.0 Å². The number of aryl methyl sites for hydroxylation is 1. The van der Waals surface area contributed by atoms with E-state index in [1.165, 1.54) is 6.92 Å². The predicted octanol–water partition coefficient (Wildman–Crippen LogP) is 3.97. The third-order valence-electron chi connectivity index (χ3n) is 6.12. The first kappa shape index (κ1) is 21.1. The second kappa shape index (κ2) is 8.61. The number of para-hydroxylation sites is 1. The minimum absolute atomic E-state index is 0.148. The number of amides is 2. The summed E-state index contributed by atoms with van der Waals surface area (Å²) in [6.45, 7) is 2.14. The van der Waals surface area contributed by atoms with Crippen LogP contribution in [0, 0.1) is 0 Å². The molecule has 1 aromatic heterocycles. The summed E-state index contributed by atoms with van der Waals surface area (Å²) < 4.78 is 16.8. The van der Waals surface area contributed by atoms with Gasteiger partial charge in [-0.1, -0.05) is 17.3 Å². The first-order valence-corrected chi connectivity index (χ1v) is 11.0. The topological polar surface area (TPSA) is 93.9 Å². The summed E-state index contributed by atoms with van der Waals surface area (Å²) >= 11 is 0. The van der Waals surface area contributed by atoms with Crippen molar-refractivity contribution >= 4 is 17.7 Å². The number of aromatic nitrogens is 1. The largest absolute Gasteiger partial charge is 0.496 e. The highest BCUT2D eigenvalue weighted by Gasteiger charge is 2.33. The molecule has 0 spiro atoms. The van der Waals surface area contributed by atoms with Gasteiger partial charge in [0.1, 0.15) is 17.5 Å². The van der Waals surface area contributed by atoms with E-state index in [1.807, 2.05) is 42.5 Å². The third kappa shape index (κ3) is 3.92. The van der Waals surface area contributed by atoms with Gasteiger partial charge in [0.2, 0.25) is 5.91 Å². The normalized spacial score (nSPS) is 17.1. The molecule has 33 heavy (non-hydrogen) atoms. The molecule has 0 unspecified atom stereocenters.